The van der Waals surface area contributed by atoms with E-state index in [4.69, 9.17) is 38.0 Å². The van der Waals surface area contributed by atoms with E-state index in [-0.39, 0.29) is 85.9 Å². The molecule has 29 nitrogen and oxygen atoms in total. The SMILES string of the molecule is CCOC(=O)C1CCC(N2CC(NC(=O)CNc3noc4ccc(C)cc34)C2)CC1.Cc1ccc2onc(NCC(=O)NC3CN(C4CCC(C(C)C)CC4)C3)c2c1.Cc1ccc2onc(NCC(=O)NC3CN(C4CCC(N)CC4)C3)c2c1.Cc1ccc2onc(NCC(=O)NC3CN(C4CCC(c5ccc6c(c5)OCO6)CC4)C3)c2c1. The summed E-state index contributed by atoms with van der Waals surface area (Å²) in [4.78, 5) is 71.1. The Morgan fingerprint density at radius 1 is 0.415 bits per heavy atom. The lowest BCUT2D eigenvalue weighted by atomic mass is 9.78. The molecule has 10 N–H and O–H groups in total. The van der Waals surface area contributed by atoms with Gasteiger partial charge >= 0.3 is 5.97 Å². The van der Waals surface area contributed by atoms with Crippen molar-refractivity contribution in [2.45, 2.75) is 211 Å². The van der Waals surface area contributed by atoms with Crippen molar-refractivity contribution in [2.24, 2.45) is 23.5 Å². The fraction of sp³-hybridized carbons (Fsp3) is 0.562. The van der Waals surface area contributed by atoms with Gasteiger partial charge in [0.15, 0.2) is 57.1 Å². The van der Waals surface area contributed by atoms with Crippen LogP contribution in [0, 0.1) is 45.4 Å². The molecule has 632 valence electrons. The number of esters is 1. The average molecular weight is 1620 g/mol. The van der Waals surface area contributed by atoms with Crippen molar-refractivity contribution in [1.29, 1.82) is 0 Å². The monoisotopic (exact) mass is 1620 g/mol. The van der Waals surface area contributed by atoms with E-state index in [1.165, 1.54) is 69.8 Å². The quantitative estimate of drug-likeness (QED) is 0.0254. The van der Waals surface area contributed by atoms with Crippen LogP contribution in [0.5, 0.6) is 11.5 Å². The van der Waals surface area contributed by atoms with Gasteiger partial charge in [0.25, 0.3) is 0 Å². The van der Waals surface area contributed by atoms with E-state index in [0.29, 0.717) is 78.4 Å². The molecular weight excluding hydrogens is 1500 g/mol. The maximum Gasteiger partial charge on any atom is 0.308 e. The number of carbonyl (C=O) groups is 5. The van der Waals surface area contributed by atoms with Gasteiger partial charge in [-0.05, 0) is 221 Å². The van der Waals surface area contributed by atoms with E-state index >= 15 is 0 Å². The first-order valence-electron chi connectivity index (χ1n) is 43.1. The van der Waals surface area contributed by atoms with Crippen LogP contribution in [0.25, 0.3) is 43.9 Å². The zero-order valence-electron chi connectivity index (χ0n) is 69.4. The molecule has 0 bridgehead atoms. The number of benzene rings is 5. The van der Waals surface area contributed by atoms with Crippen LogP contribution in [0.2, 0.25) is 0 Å². The molecule has 9 aliphatic rings. The minimum Gasteiger partial charge on any atom is -0.466 e. The molecule has 9 heterocycles. The molecule has 0 radical (unpaired) electrons. The summed E-state index contributed by atoms with van der Waals surface area (Å²) >= 11 is 0. The molecule has 4 saturated carbocycles. The number of ether oxygens (including phenoxy) is 3. The molecule has 118 heavy (non-hydrogen) atoms. The molecular formula is C89H119N17O12. The predicted molar refractivity (Wildman–Crippen MR) is 454 cm³/mol. The Labute approximate surface area is 689 Å². The summed E-state index contributed by atoms with van der Waals surface area (Å²) in [5, 5.41) is 44.5. The van der Waals surface area contributed by atoms with Gasteiger partial charge in [-0.3, -0.25) is 43.6 Å². The first kappa shape index (κ1) is 83.0. The molecule has 0 atom stereocenters. The van der Waals surface area contributed by atoms with Crippen LogP contribution in [0.4, 0.5) is 23.3 Å². The Bertz CT molecular complexity index is 4890. The Hall–Kier alpha value is -10.1. The van der Waals surface area contributed by atoms with Crippen LogP contribution in [0.1, 0.15) is 157 Å². The fourth-order valence-electron chi connectivity index (χ4n) is 18.6. The second kappa shape index (κ2) is 38.3. The van der Waals surface area contributed by atoms with Crippen LogP contribution in [-0.4, -0.2) is 216 Å². The number of carbonyl (C=O) groups excluding carboxylic acids is 5. The second-order valence-electron chi connectivity index (χ2n) is 34.7. The van der Waals surface area contributed by atoms with E-state index < -0.39 is 0 Å². The molecule has 4 aromatic heterocycles. The first-order valence-corrected chi connectivity index (χ1v) is 43.1. The predicted octanol–water partition coefficient (Wildman–Crippen LogP) is 11.5. The highest BCUT2D eigenvalue weighted by Gasteiger charge is 2.41. The molecule has 0 spiro atoms. The van der Waals surface area contributed by atoms with Crippen molar-refractivity contribution in [3.63, 3.8) is 0 Å². The van der Waals surface area contributed by atoms with Crippen LogP contribution in [-0.2, 0) is 28.7 Å². The molecule has 5 aliphatic heterocycles. The van der Waals surface area contributed by atoms with Gasteiger partial charge in [-0.25, -0.2) is 0 Å². The number of hydrogen-bond acceptors (Lipinski definition) is 25. The van der Waals surface area contributed by atoms with Gasteiger partial charge < -0.3 is 80.6 Å². The fourth-order valence-corrected chi connectivity index (χ4v) is 18.6. The molecule has 4 amide bonds. The standard InChI is InChI=1S/C26H30N4O4.C22H30N4O4.C22H32N4O2.C19H27N5O2/c1-16-2-8-22-21(10-16)26(29-34-22)27-12-25(31)28-19-13-30(14-19)20-6-3-17(4-7-20)18-5-9-23-24(11-18)33-15-32-23;1-3-29-22(28)15-5-7-17(8-6-15)26-12-16(13-26)24-20(27)11-23-21-18-10-14(2)4-9-19(18)30-25-21;1-14(2)16-5-7-18(8-6-16)26-12-17(13-26)24-21(27)11-23-22-19-10-15(3)4-9-20(19)28-25-22;1-12-2-7-17-16(8-12)19(23-26-17)21-9-18(25)22-14-10-24(11-14)15-5-3-13(20)4-6-15/h2,5,8-11,17,19-20H,3-4,6-7,12-15H2,1H3,(H,27,29)(H,28,31);4,9-10,15-17H,3,5-8,11-13H2,1-2H3,(H,23,25)(H,24,27);4,9-10,14,16-18H,5-8,11-13H2,1-3H3,(H,23,25)(H,24,27);2,7-8,13-15H,3-6,9-11,20H2,1H3,(H,21,23)(H,22,25). The summed E-state index contributed by atoms with van der Waals surface area (Å²) in [5.41, 5.74) is 14.7. The Morgan fingerprint density at radius 3 is 1.08 bits per heavy atom. The zero-order chi connectivity index (χ0) is 81.9. The lowest BCUT2D eigenvalue weighted by molar-refractivity contribution is -0.149. The highest BCUT2D eigenvalue weighted by molar-refractivity contribution is 5.94. The average Bonchev–Trinajstić information content (AvgIpc) is 1.54. The molecule has 29 heteroatoms. The Morgan fingerprint density at radius 2 is 0.737 bits per heavy atom. The first-order chi connectivity index (χ1) is 57.2. The number of nitrogens with two attached hydrogens (primary N) is 1. The molecule has 8 fully saturated rings. The number of hydrogen-bond donors (Lipinski definition) is 9. The molecule has 0 unspecified atom stereocenters. The van der Waals surface area contributed by atoms with Gasteiger partial charge in [-0.1, -0.05) is 87.1 Å². The third-order valence-corrected chi connectivity index (χ3v) is 25.6. The van der Waals surface area contributed by atoms with Crippen molar-refractivity contribution in [3.8, 4) is 11.5 Å². The third kappa shape index (κ3) is 21.0. The van der Waals surface area contributed by atoms with Crippen LogP contribution < -0.4 is 57.7 Å². The van der Waals surface area contributed by atoms with Gasteiger partial charge in [-0.15, -0.1) is 0 Å². The van der Waals surface area contributed by atoms with Gasteiger partial charge in [0.1, 0.15) is 0 Å². The van der Waals surface area contributed by atoms with Crippen LogP contribution in [0.3, 0.4) is 0 Å². The maximum absolute atomic E-state index is 12.4. The van der Waals surface area contributed by atoms with Crippen molar-refractivity contribution in [2.75, 3.05) is 113 Å². The lowest BCUT2D eigenvalue weighted by Gasteiger charge is -2.47. The minimum atomic E-state index is -0.0488. The molecule has 9 aromatic rings. The Kier molecular flexibility index (Phi) is 27.0. The molecule has 5 aromatic carbocycles. The van der Waals surface area contributed by atoms with Crippen molar-refractivity contribution in [3.05, 3.63) is 119 Å². The third-order valence-electron chi connectivity index (χ3n) is 25.6. The summed E-state index contributed by atoms with van der Waals surface area (Å²) in [5.74, 6) is 6.43. The van der Waals surface area contributed by atoms with Crippen LogP contribution in [0.15, 0.2) is 109 Å². The van der Waals surface area contributed by atoms with E-state index in [2.05, 4.69) is 109 Å². The topological polar surface area (TPSA) is 352 Å². The second-order valence-corrected chi connectivity index (χ2v) is 34.7. The molecule has 4 aliphatic carbocycles. The van der Waals surface area contributed by atoms with Crippen LogP contribution >= 0.6 is 0 Å². The van der Waals surface area contributed by atoms with Gasteiger partial charge in [-0.2, -0.15) is 0 Å². The number of anilines is 4. The Balaban J connectivity index is 0.000000124. The number of nitrogens with one attached hydrogen (secondary N) is 8. The molecule has 4 saturated heterocycles. The number of rotatable bonds is 24. The zero-order valence-corrected chi connectivity index (χ0v) is 69.4. The van der Waals surface area contributed by atoms with Crippen molar-refractivity contribution >= 4 is 96.7 Å². The normalized spacial score (nSPS) is 23.2. The van der Waals surface area contributed by atoms with E-state index in [9.17, 15) is 24.0 Å². The number of fused-ring (bicyclic) bond motifs is 5. The number of nitrogens with zero attached hydrogens (tertiary/aromatic N) is 8. The van der Waals surface area contributed by atoms with Gasteiger partial charge in [0.05, 0.1) is 84.4 Å². The minimum absolute atomic E-state index is 0.0101. The summed E-state index contributed by atoms with van der Waals surface area (Å²) in [7, 11) is 0. The number of aromatic nitrogens is 4. The summed E-state index contributed by atoms with van der Waals surface area (Å²) in [6.45, 7) is 23.6. The number of likely N-dealkylation sites (tertiary alicyclic amines) is 4. The number of aryl methyl sites for hydroxylation is 4. The molecule has 18 rings (SSSR count). The van der Waals surface area contributed by atoms with E-state index in [0.717, 1.165) is 175 Å². The van der Waals surface area contributed by atoms with Crippen molar-refractivity contribution < 1.29 is 56.3 Å². The maximum atomic E-state index is 12.4. The summed E-state index contributed by atoms with van der Waals surface area (Å²) < 4.78 is 37.3. The number of amides is 4. The summed E-state index contributed by atoms with van der Waals surface area (Å²) in [6.07, 6.45) is 18.5. The summed E-state index contributed by atoms with van der Waals surface area (Å²) in [6, 6.07) is 33.7. The highest BCUT2D eigenvalue weighted by atomic mass is 16.7. The van der Waals surface area contributed by atoms with Gasteiger partial charge in [0.2, 0.25) is 30.4 Å². The van der Waals surface area contributed by atoms with Crippen molar-refractivity contribution in [1.82, 2.24) is 61.5 Å². The smallest absolute Gasteiger partial charge is 0.308 e. The lowest BCUT2D eigenvalue weighted by Crippen LogP contribution is -2.63. The van der Waals surface area contributed by atoms with Gasteiger partial charge in [0, 0.05) is 82.6 Å². The highest BCUT2D eigenvalue weighted by Crippen LogP contribution is 2.42. The largest absolute Gasteiger partial charge is 0.466 e. The van der Waals surface area contributed by atoms with E-state index in [1.54, 1.807) is 0 Å². The van der Waals surface area contributed by atoms with E-state index in [1.807, 2.05) is 113 Å².